The van der Waals surface area contributed by atoms with Crippen LogP contribution in [0.1, 0.15) is 31.4 Å². The Bertz CT molecular complexity index is 446. The summed E-state index contributed by atoms with van der Waals surface area (Å²) in [5.41, 5.74) is 0.396. The number of pyridine rings is 1. The maximum atomic E-state index is 13.1. The Labute approximate surface area is 118 Å². The molecule has 1 aliphatic heterocycles. The molecule has 4 nitrogen and oxygen atoms in total. The van der Waals surface area contributed by atoms with E-state index in [1.54, 1.807) is 6.07 Å². The third-order valence-electron chi connectivity index (χ3n) is 3.73. The average Bonchev–Trinajstić information content (AvgIpc) is 2.47. The number of halogens is 1. The summed E-state index contributed by atoms with van der Waals surface area (Å²) in [5, 5.41) is 9.16. The quantitative estimate of drug-likeness (QED) is 0.834. The third kappa shape index (κ3) is 3.75. The molecule has 0 radical (unpaired) electrons. The molecule has 108 valence electrons. The van der Waals surface area contributed by atoms with Gasteiger partial charge in [-0.1, -0.05) is 0 Å². The molecular formula is C15H19FN2O2. The number of hydrogen-bond donors (Lipinski definition) is 0. The van der Waals surface area contributed by atoms with Crippen LogP contribution in [0.5, 0.6) is 0 Å². The van der Waals surface area contributed by atoms with Gasteiger partial charge in [0, 0.05) is 30.7 Å². The Hall–Kier alpha value is -1.51. The minimum absolute atomic E-state index is 0.356. The van der Waals surface area contributed by atoms with E-state index in [1.807, 2.05) is 0 Å². The van der Waals surface area contributed by atoms with E-state index in [4.69, 9.17) is 14.7 Å². The number of ether oxygens (including phenoxy) is 2. The summed E-state index contributed by atoms with van der Waals surface area (Å²) in [7, 11) is 0. The second kappa shape index (κ2) is 7.32. The Balaban J connectivity index is 2.24. The standard InChI is InChI=1S/C15H19FN2O2/c16-13-2-3-14(18-12-13)15(5-7-17)4-1-8-19-10-11-20-9-6-15/h2-3,12H,1,4-6,8-11H2. The van der Waals surface area contributed by atoms with Gasteiger partial charge in [-0.05, 0) is 31.4 Å². The van der Waals surface area contributed by atoms with Gasteiger partial charge in [-0.25, -0.2) is 4.39 Å². The fourth-order valence-corrected chi connectivity index (χ4v) is 2.59. The molecule has 0 aromatic carbocycles. The lowest BCUT2D eigenvalue weighted by Gasteiger charge is -2.32. The predicted molar refractivity (Wildman–Crippen MR) is 71.6 cm³/mol. The first-order valence-corrected chi connectivity index (χ1v) is 6.91. The van der Waals surface area contributed by atoms with Gasteiger partial charge >= 0.3 is 0 Å². The van der Waals surface area contributed by atoms with Crippen molar-refractivity contribution in [1.82, 2.24) is 4.98 Å². The van der Waals surface area contributed by atoms with Crippen LogP contribution < -0.4 is 0 Å². The van der Waals surface area contributed by atoms with E-state index in [2.05, 4.69) is 11.1 Å². The average molecular weight is 278 g/mol. The minimum Gasteiger partial charge on any atom is -0.379 e. The van der Waals surface area contributed by atoms with Crippen LogP contribution in [0.15, 0.2) is 18.3 Å². The van der Waals surface area contributed by atoms with E-state index in [-0.39, 0.29) is 11.2 Å². The molecule has 0 spiro atoms. The summed E-state index contributed by atoms with van der Waals surface area (Å²) in [6, 6.07) is 5.33. The fraction of sp³-hybridized carbons (Fsp3) is 0.600. The van der Waals surface area contributed by atoms with E-state index in [1.165, 1.54) is 12.3 Å². The topological polar surface area (TPSA) is 55.1 Å². The van der Waals surface area contributed by atoms with Crippen molar-refractivity contribution in [3.05, 3.63) is 29.8 Å². The van der Waals surface area contributed by atoms with Crippen molar-refractivity contribution in [2.45, 2.75) is 31.1 Å². The monoisotopic (exact) mass is 278 g/mol. The summed E-state index contributed by atoms with van der Waals surface area (Å²) in [6.07, 6.45) is 3.95. The van der Waals surface area contributed by atoms with Gasteiger partial charge in [0.1, 0.15) is 5.82 Å². The zero-order chi connectivity index (χ0) is 14.3. The van der Waals surface area contributed by atoms with Crippen molar-refractivity contribution in [2.75, 3.05) is 26.4 Å². The Kier molecular flexibility index (Phi) is 5.45. The largest absolute Gasteiger partial charge is 0.379 e. The van der Waals surface area contributed by atoms with Crippen molar-refractivity contribution in [3.8, 4) is 6.07 Å². The van der Waals surface area contributed by atoms with Gasteiger partial charge in [-0.15, -0.1) is 0 Å². The molecule has 0 amide bonds. The van der Waals surface area contributed by atoms with Gasteiger partial charge in [0.2, 0.25) is 0 Å². The van der Waals surface area contributed by atoms with E-state index in [0.29, 0.717) is 32.8 Å². The molecule has 2 heterocycles. The number of nitriles is 1. The smallest absolute Gasteiger partial charge is 0.141 e. The van der Waals surface area contributed by atoms with Crippen LogP contribution in [-0.2, 0) is 14.9 Å². The lowest BCUT2D eigenvalue weighted by Crippen LogP contribution is -2.30. The van der Waals surface area contributed by atoms with Crippen molar-refractivity contribution in [2.24, 2.45) is 0 Å². The van der Waals surface area contributed by atoms with Crippen LogP contribution >= 0.6 is 0 Å². The van der Waals surface area contributed by atoms with E-state index >= 15 is 0 Å². The molecule has 1 atom stereocenters. The van der Waals surface area contributed by atoms with Crippen LogP contribution in [0.25, 0.3) is 0 Å². The van der Waals surface area contributed by atoms with Crippen molar-refractivity contribution >= 4 is 0 Å². The lowest BCUT2D eigenvalue weighted by molar-refractivity contribution is 0.0259. The Morgan fingerprint density at radius 2 is 2.00 bits per heavy atom. The van der Waals surface area contributed by atoms with Crippen LogP contribution in [0, 0.1) is 17.1 Å². The molecule has 0 aliphatic carbocycles. The number of rotatable bonds is 2. The molecular weight excluding hydrogens is 259 g/mol. The predicted octanol–water partition coefficient (Wildman–Crippen LogP) is 2.59. The Morgan fingerprint density at radius 3 is 2.70 bits per heavy atom. The maximum Gasteiger partial charge on any atom is 0.141 e. The Morgan fingerprint density at radius 1 is 1.20 bits per heavy atom. The summed E-state index contributed by atoms with van der Waals surface area (Å²) >= 11 is 0. The van der Waals surface area contributed by atoms with Gasteiger partial charge in [-0.3, -0.25) is 4.98 Å². The molecule has 1 fully saturated rings. The summed E-state index contributed by atoms with van der Waals surface area (Å²) in [6.45, 7) is 2.39. The van der Waals surface area contributed by atoms with Gasteiger partial charge in [-0.2, -0.15) is 5.26 Å². The first-order valence-electron chi connectivity index (χ1n) is 6.91. The normalized spacial score (nSPS) is 24.8. The van der Waals surface area contributed by atoms with Crippen LogP contribution in [0.3, 0.4) is 0 Å². The van der Waals surface area contributed by atoms with Gasteiger partial charge in [0.15, 0.2) is 0 Å². The van der Waals surface area contributed by atoms with E-state index in [9.17, 15) is 4.39 Å². The lowest BCUT2D eigenvalue weighted by atomic mass is 9.74. The molecule has 1 saturated heterocycles. The molecule has 2 rings (SSSR count). The first kappa shape index (κ1) is 14.9. The second-order valence-corrected chi connectivity index (χ2v) is 5.06. The van der Waals surface area contributed by atoms with E-state index < -0.39 is 0 Å². The SMILES string of the molecule is N#CCC1(c2ccc(F)cn2)CCCOCCOCC1. The van der Waals surface area contributed by atoms with E-state index in [0.717, 1.165) is 25.0 Å². The molecule has 1 aliphatic rings. The highest BCUT2D eigenvalue weighted by Gasteiger charge is 2.33. The molecule has 1 aromatic heterocycles. The van der Waals surface area contributed by atoms with Crippen molar-refractivity contribution < 1.29 is 13.9 Å². The summed E-state index contributed by atoms with van der Waals surface area (Å²) in [5.74, 6) is -0.361. The molecule has 20 heavy (non-hydrogen) atoms. The fourth-order valence-electron chi connectivity index (χ4n) is 2.59. The van der Waals surface area contributed by atoms with Gasteiger partial charge < -0.3 is 9.47 Å². The van der Waals surface area contributed by atoms with Crippen LogP contribution in [0.2, 0.25) is 0 Å². The molecule has 1 aromatic rings. The summed E-state index contributed by atoms with van der Waals surface area (Å²) in [4.78, 5) is 4.20. The number of aromatic nitrogens is 1. The van der Waals surface area contributed by atoms with Gasteiger partial charge in [0.25, 0.3) is 0 Å². The minimum atomic E-state index is -0.372. The zero-order valence-corrected chi connectivity index (χ0v) is 11.5. The molecule has 5 heteroatoms. The maximum absolute atomic E-state index is 13.1. The van der Waals surface area contributed by atoms with Gasteiger partial charge in [0.05, 0.1) is 25.5 Å². The zero-order valence-electron chi connectivity index (χ0n) is 11.5. The highest BCUT2D eigenvalue weighted by atomic mass is 19.1. The first-order chi connectivity index (χ1) is 9.77. The highest BCUT2D eigenvalue weighted by Crippen LogP contribution is 2.35. The van der Waals surface area contributed by atoms with Crippen molar-refractivity contribution in [1.29, 1.82) is 5.26 Å². The third-order valence-corrected chi connectivity index (χ3v) is 3.73. The number of nitrogens with zero attached hydrogens (tertiary/aromatic N) is 2. The van der Waals surface area contributed by atoms with Crippen molar-refractivity contribution in [3.63, 3.8) is 0 Å². The molecule has 0 saturated carbocycles. The highest BCUT2D eigenvalue weighted by molar-refractivity contribution is 5.20. The van der Waals surface area contributed by atoms with Crippen LogP contribution in [0.4, 0.5) is 4.39 Å². The number of hydrogen-bond acceptors (Lipinski definition) is 4. The molecule has 1 unspecified atom stereocenters. The molecule has 0 N–H and O–H groups in total. The summed E-state index contributed by atoms with van der Waals surface area (Å²) < 4.78 is 24.0. The second-order valence-electron chi connectivity index (χ2n) is 5.06. The molecule has 0 bridgehead atoms. The van der Waals surface area contributed by atoms with Crippen LogP contribution in [-0.4, -0.2) is 31.4 Å².